The normalized spacial score (nSPS) is 21.1. The van der Waals surface area contributed by atoms with Crippen molar-refractivity contribution in [3.8, 4) is 0 Å². The maximum Gasteiger partial charge on any atom is 0.352 e. The molecule has 11 heteroatoms. The largest absolute Gasteiger partial charge is 0.477 e. The average molecular weight is 445 g/mol. The number of fused-ring (bicyclic) bond motifs is 1. The molecule has 1 aromatic rings. The van der Waals surface area contributed by atoms with Crippen LogP contribution in [0.1, 0.15) is 16.7 Å². The summed E-state index contributed by atoms with van der Waals surface area (Å²) in [4.78, 5) is 50.4. The Balaban J connectivity index is 1.66. The van der Waals surface area contributed by atoms with Crippen LogP contribution >= 0.6 is 34.7 Å². The molecule has 2 amide bonds. The molecule has 2 atom stereocenters. The highest BCUT2D eigenvalue weighted by Gasteiger charge is 2.54. The maximum absolute atomic E-state index is 12.5. The molecule has 0 bridgehead atoms. The number of nitrogens with one attached hydrogen (secondary N) is 1. The number of carbonyl (C=O) groups is 4. The van der Waals surface area contributed by atoms with Gasteiger partial charge in [-0.15, -0.1) is 34.7 Å². The summed E-state index contributed by atoms with van der Waals surface area (Å²) in [5, 5.41) is 11.7. The zero-order chi connectivity index (χ0) is 20.4. The Kier molecular flexibility index (Phi) is 6.31. The van der Waals surface area contributed by atoms with Gasteiger partial charge in [0.15, 0.2) is 0 Å². The molecule has 2 N–H and O–H groups in total. The third kappa shape index (κ3) is 4.18. The van der Waals surface area contributed by atoms with Crippen molar-refractivity contribution in [1.82, 2.24) is 10.2 Å². The van der Waals surface area contributed by atoms with Crippen LogP contribution in [-0.2, 0) is 36.2 Å². The summed E-state index contributed by atoms with van der Waals surface area (Å²) in [6, 6.07) is 2.88. The molecular weight excluding hydrogens is 428 g/mol. The van der Waals surface area contributed by atoms with Gasteiger partial charge in [-0.3, -0.25) is 19.3 Å². The van der Waals surface area contributed by atoms with Crippen LogP contribution in [0.2, 0.25) is 0 Å². The highest BCUT2D eigenvalue weighted by molar-refractivity contribution is 8.00. The molecule has 1 saturated heterocycles. The third-order valence-corrected chi connectivity index (χ3v) is 7.07. The molecule has 1 fully saturated rings. The number of rotatable bonds is 7. The lowest BCUT2D eigenvalue weighted by Gasteiger charge is -2.49. The van der Waals surface area contributed by atoms with Gasteiger partial charge in [-0.2, -0.15) is 0 Å². The van der Waals surface area contributed by atoms with E-state index in [0.717, 1.165) is 14.7 Å². The van der Waals surface area contributed by atoms with E-state index >= 15 is 0 Å². The topological polar surface area (TPSA) is 113 Å². The molecule has 0 aromatic carbocycles. The molecule has 0 spiro atoms. The Hall–Kier alpha value is -2.04. The van der Waals surface area contributed by atoms with Gasteiger partial charge in [-0.1, -0.05) is 0 Å². The van der Waals surface area contributed by atoms with Gasteiger partial charge in [0, 0.05) is 28.0 Å². The van der Waals surface area contributed by atoms with Gasteiger partial charge >= 0.3 is 11.9 Å². The Labute approximate surface area is 173 Å². The fraction of sp³-hybridized carbons (Fsp3) is 0.412. The number of esters is 1. The van der Waals surface area contributed by atoms with Crippen molar-refractivity contribution >= 4 is 58.5 Å². The lowest BCUT2D eigenvalue weighted by Crippen LogP contribution is -2.70. The van der Waals surface area contributed by atoms with Crippen molar-refractivity contribution in [3.63, 3.8) is 0 Å². The minimum Gasteiger partial charge on any atom is -0.477 e. The van der Waals surface area contributed by atoms with E-state index in [1.807, 2.05) is 12.1 Å². The zero-order valence-corrected chi connectivity index (χ0v) is 17.2. The van der Waals surface area contributed by atoms with Gasteiger partial charge in [0.2, 0.25) is 5.91 Å². The zero-order valence-electron chi connectivity index (χ0n) is 14.8. The number of hydrogen-bond donors (Lipinski definition) is 2. The number of thiophene rings is 1. The first-order valence-electron chi connectivity index (χ1n) is 8.28. The molecule has 28 heavy (non-hydrogen) atoms. The van der Waals surface area contributed by atoms with Crippen molar-refractivity contribution in [2.45, 2.75) is 30.6 Å². The Morgan fingerprint density at radius 3 is 2.68 bits per heavy atom. The number of nitrogens with zero attached hydrogens (tertiary/aromatic N) is 1. The number of aliphatic carboxylic acids is 1. The van der Waals surface area contributed by atoms with Crippen LogP contribution in [-0.4, -0.2) is 57.5 Å². The van der Waals surface area contributed by atoms with Crippen LogP contribution in [0.4, 0.5) is 0 Å². The highest BCUT2D eigenvalue weighted by Crippen LogP contribution is 2.40. The summed E-state index contributed by atoms with van der Waals surface area (Å²) >= 11 is 8.51. The van der Waals surface area contributed by atoms with E-state index in [9.17, 15) is 24.3 Å². The van der Waals surface area contributed by atoms with E-state index in [0.29, 0.717) is 17.2 Å². The summed E-state index contributed by atoms with van der Waals surface area (Å²) in [7, 11) is 0. The van der Waals surface area contributed by atoms with Crippen LogP contribution in [0, 0.1) is 0 Å². The second kappa shape index (κ2) is 8.54. The number of β-lactam (4-membered cyclic amide) rings is 1. The molecule has 3 heterocycles. The molecule has 3 rings (SSSR count). The number of hydrogen-bond acceptors (Lipinski definition) is 7. The fourth-order valence-corrected chi connectivity index (χ4v) is 5.40. The summed E-state index contributed by atoms with van der Waals surface area (Å²) in [5.41, 5.74) is 0.180. The predicted molar refractivity (Wildman–Crippen MR) is 104 cm³/mol. The first-order valence-corrected chi connectivity index (χ1v) is 10.7. The quantitative estimate of drug-likeness (QED) is 0.370. The lowest BCUT2D eigenvalue weighted by molar-refractivity contribution is -0.151. The van der Waals surface area contributed by atoms with Gasteiger partial charge in [0.05, 0.1) is 12.3 Å². The number of halogens is 1. The minimum atomic E-state index is -1.27. The smallest absolute Gasteiger partial charge is 0.352 e. The fourth-order valence-electron chi connectivity index (χ4n) is 2.95. The Morgan fingerprint density at radius 1 is 1.36 bits per heavy atom. The average Bonchev–Trinajstić information content (AvgIpc) is 3.10. The number of ether oxygens (including phenoxy) is 1. The van der Waals surface area contributed by atoms with E-state index < -0.39 is 29.3 Å². The summed E-state index contributed by atoms with van der Waals surface area (Å²) in [6.45, 7) is 1.04. The molecule has 8 nitrogen and oxygen atoms in total. The Morgan fingerprint density at radius 2 is 2.07 bits per heavy atom. The maximum atomic E-state index is 12.5. The van der Waals surface area contributed by atoms with E-state index in [-0.39, 0.29) is 24.6 Å². The van der Waals surface area contributed by atoms with E-state index in [4.69, 9.17) is 16.3 Å². The molecule has 2 unspecified atom stereocenters. The molecule has 0 saturated carbocycles. The summed E-state index contributed by atoms with van der Waals surface area (Å²) < 4.78 is 4.88. The van der Waals surface area contributed by atoms with Crippen LogP contribution < -0.4 is 5.32 Å². The van der Waals surface area contributed by atoms with Gasteiger partial charge in [0.25, 0.3) is 5.91 Å². The Bertz CT molecular complexity index is 868. The molecule has 0 radical (unpaired) electrons. The van der Waals surface area contributed by atoms with Crippen LogP contribution in [0.5, 0.6) is 0 Å². The van der Waals surface area contributed by atoms with Crippen molar-refractivity contribution in [2.75, 3.05) is 12.4 Å². The van der Waals surface area contributed by atoms with Crippen molar-refractivity contribution < 1.29 is 29.0 Å². The first kappa shape index (κ1) is 20.7. The number of amides is 2. The number of alkyl halides is 1. The SMILES string of the molecule is CC(=O)OCC1=C(C(=O)O)N2C(=O)C(NC(=O)Cc3ccc(CCl)s3)C2SC1. The van der Waals surface area contributed by atoms with E-state index in [1.165, 1.54) is 30.0 Å². The van der Waals surface area contributed by atoms with Crippen LogP contribution in [0.3, 0.4) is 0 Å². The second-order valence-electron chi connectivity index (χ2n) is 6.17. The molecule has 150 valence electrons. The van der Waals surface area contributed by atoms with Crippen molar-refractivity contribution in [3.05, 3.63) is 33.2 Å². The van der Waals surface area contributed by atoms with Gasteiger partial charge < -0.3 is 15.2 Å². The lowest BCUT2D eigenvalue weighted by atomic mass is 10.0. The third-order valence-electron chi connectivity index (χ3n) is 4.20. The van der Waals surface area contributed by atoms with Crippen molar-refractivity contribution in [2.24, 2.45) is 0 Å². The predicted octanol–water partition coefficient (Wildman–Crippen LogP) is 1.33. The van der Waals surface area contributed by atoms with Crippen molar-refractivity contribution in [1.29, 1.82) is 0 Å². The van der Waals surface area contributed by atoms with Crippen LogP contribution in [0.25, 0.3) is 0 Å². The highest BCUT2D eigenvalue weighted by atomic mass is 35.5. The summed E-state index contributed by atoms with van der Waals surface area (Å²) in [5.74, 6) is -1.93. The van der Waals surface area contributed by atoms with E-state index in [1.54, 1.807) is 0 Å². The van der Waals surface area contributed by atoms with Gasteiger partial charge in [-0.05, 0) is 12.1 Å². The molecule has 2 aliphatic rings. The van der Waals surface area contributed by atoms with E-state index in [2.05, 4.69) is 5.32 Å². The first-order chi connectivity index (χ1) is 13.3. The standard InChI is InChI=1S/C17H17ClN2O6S2/c1-8(21)26-6-9-7-27-16-13(15(23)20(16)14(9)17(24)25)19-12(22)4-10-2-3-11(5-18)28-10/h2-3,13,16H,4-7H2,1H3,(H,19,22)(H,24,25). The number of carboxylic acids is 1. The number of carbonyl (C=O) groups excluding carboxylic acids is 3. The number of thioether (sulfide) groups is 1. The monoisotopic (exact) mass is 444 g/mol. The van der Waals surface area contributed by atoms with Gasteiger partial charge in [0.1, 0.15) is 23.7 Å². The molecule has 1 aromatic heterocycles. The minimum absolute atomic E-state index is 0.127. The molecule has 0 aliphatic carbocycles. The van der Waals surface area contributed by atoms with Crippen LogP contribution in [0.15, 0.2) is 23.4 Å². The number of carboxylic acid groups (broad SMARTS) is 1. The molecule has 2 aliphatic heterocycles. The van der Waals surface area contributed by atoms with Gasteiger partial charge in [-0.25, -0.2) is 4.79 Å². The summed E-state index contributed by atoms with van der Waals surface area (Å²) in [6.07, 6.45) is 0.127. The molecular formula is C17H17ClN2O6S2. The second-order valence-corrected chi connectivity index (χ2v) is 8.80.